The Morgan fingerprint density at radius 3 is 2.41 bits per heavy atom. The van der Waals surface area contributed by atoms with Crippen molar-refractivity contribution in [3.05, 3.63) is 86.6 Å². The van der Waals surface area contributed by atoms with Crippen molar-refractivity contribution >= 4 is 45.5 Å². The van der Waals surface area contributed by atoms with Crippen LogP contribution in [0.25, 0.3) is 33.2 Å². The third-order valence-electron chi connectivity index (χ3n) is 5.98. The zero-order valence-electron chi connectivity index (χ0n) is 20.5. The van der Waals surface area contributed by atoms with Crippen LogP contribution in [0.3, 0.4) is 0 Å². The first-order valence-corrected chi connectivity index (χ1v) is 12.1. The Kier molecular flexibility index (Phi) is 6.54. The third kappa shape index (κ3) is 4.50. The summed E-state index contributed by atoms with van der Waals surface area (Å²) in [5.74, 6) is 0.835. The molecule has 0 aliphatic heterocycles. The lowest BCUT2D eigenvalue weighted by molar-refractivity contribution is 0.392. The number of pyridine rings is 1. The molecule has 0 aliphatic carbocycles. The Hall–Kier alpha value is -4.01. The van der Waals surface area contributed by atoms with Crippen LogP contribution in [-0.2, 0) is 7.05 Å². The van der Waals surface area contributed by atoms with E-state index in [-0.39, 0.29) is 5.56 Å². The van der Waals surface area contributed by atoms with Gasteiger partial charge in [-0.2, -0.15) is 5.10 Å². The summed E-state index contributed by atoms with van der Waals surface area (Å²) in [4.78, 5) is 26.3. The molecule has 5 rings (SSSR count). The molecular formula is C27H22Cl2N6O2. The lowest BCUT2D eigenvalue weighted by Gasteiger charge is -2.16. The summed E-state index contributed by atoms with van der Waals surface area (Å²) in [6, 6.07) is 13.0. The quantitative estimate of drug-likeness (QED) is 0.291. The highest BCUT2D eigenvalue weighted by molar-refractivity contribution is 6.39. The van der Waals surface area contributed by atoms with Gasteiger partial charge in [0, 0.05) is 34.8 Å². The molecule has 0 amide bonds. The second kappa shape index (κ2) is 9.80. The topological polar surface area (TPSA) is 94.8 Å². The summed E-state index contributed by atoms with van der Waals surface area (Å²) in [6.45, 7) is 3.68. The normalized spacial score (nSPS) is 11.1. The molecular weight excluding hydrogens is 511 g/mol. The van der Waals surface area contributed by atoms with Crippen molar-refractivity contribution < 1.29 is 4.74 Å². The molecule has 1 N–H and O–H groups in total. The first-order valence-electron chi connectivity index (χ1n) is 11.3. The minimum atomic E-state index is -0.259. The summed E-state index contributed by atoms with van der Waals surface area (Å²) in [6.07, 6.45) is 3.30. The van der Waals surface area contributed by atoms with Crippen molar-refractivity contribution in [2.75, 3.05) is 12.4 Å². The molecule has 5 aromatic rings. The predicted molar refractivity (Wildman–Crippen MR) is 147 cm³/mol. The molecule has 3 aromatic heterocycles. The lowest BCUT2D eigenvalue weighted by atomic mass is 10.0. The molecule has 0 unspecified atom stereocenters. The van der Waals surface area contributed by atoms with Crippen molar-refractivity contribution in [1.29, 1.82) is 0 Å². The Balaban J connectivity index is 1.61. The first kappa shape index (κ1) is 24.7. The number of nitrogens with one attached hydrogen (secondary N) is 1. The van der Waals surface area contributed by atoms with Crippen LogP contribution < -0.4 is 15.6 Å². The van der Waals surface area contributed by atoms with Crippen LogP contribution in [-0.4, -0.2) is 31.8 Å². The van der Waals surface area contributed by atoms with Crippen LogP contribution in [0.4, 0.5) is 11.5 Å². The molecule has 0 fully saturated rings. The van der Waals surface area contributed by atoms with Gasteiger partial charge in [-0.1, -0.05) is 53.5 Å². The van der Waals surface area contributed by atoms with Gasteiger partial charge < -0.3 is 10.1 Å². The Labute approximate surface area is 222 Å². The van der Waals surface area contributed by atoms with E-state index >= 15 is 0 Å². The average molecular weight is 533 g/mol. The molecule has 37 heavy (non-hydrogen) atoms. The number of hydrogen-bond donors (Lipinski definition) is 1. The first-order chi connectivity index (χ1) is 17.8. The van der Waals surface area contributed by atoms with E-state index in [9.17, 15) is 4.79 Å². The van der Waals surface area contributed by atoms with Crippen LogP contribution in [0.2, 0.25) is 10.0 Å². The third-order valence-corrected chi connectivity index (χ3v) is 6.79. The van der Waals surface area contributed by atoms with Gasteiger partial charge in [-0.15, -0.1) is 0 Å². The number of aromatic nitrogens is 5. The maximum absolute atomic E-state index is 12.9. The van der Waals surface area contributed by atoms with Gasteiger partial charge in [0.25, 0.3) is 5.56 Å². The smallest absolute Gasteiger partial charge is 0.278 e. The van der Waals surface area contributed by atoms with E-state index in [4.69, 9.17) is 27.9 Å². The van der Waals surface area contributed by atoms with Crippen LogP contribution in [0, 0.1) is 13.8 Å². The van der Waals surface area contributed by atoms with E-state index in [0.717, 1.165) is 11.3 Å². The number of anilines is 2. The van der Waals surface area contributed by atoms with Crippen LogP contribution in [0.1, 0.15) is 11.4 Å². The molecule has 0 radical (unpaired) electrons. The minimum absolute atomic E-state index is 0.259. The van der Waals surface area contributed by atoms with Crippen LogP contribution >= 0.6 is 23.2 Å². The average Bonchev–Trinajstić information content (AvgIpc) is 2.88. The standard InChI is InChI=1S/C27H22Cl2N6O2/c1-14-11-16-12-31-35(3)27(36)22(16)25(32-14)33-20-10-6-8-18(24(20)29)17-7-5-9-19(23(17)28)21-13-30-15(2)26(34-21)37-4/h5-13H,1-4H3,(H,32,33). The van der Waals surface area contributed by atoms with E-state index in [0.29, 0.717) is 60.7 Å². The van der Waals surface area contributed by atoms with Gasteiger partial charge in [0.2, 0.25) is 5.88 Å². The second-order valence-corrected chi connectivity index (χ2v) is 9.21. The summed E-state index contributed by atoms with van der Waals surface area (Å²) in [5, 5.41) is 9.39. The molecule has 0 aliphatic rings. The van der Waals surface area contributed by atoms with Gasteiger partial charge in [0.15, 0.2) is 0 Å². The van der Waals surface area contributed by atoms with Gasteiger partial charge in [0.1, 0.15) is 5.82 Å². The fourth-order valence-electron chi connectivity index (χ4n) is 4.14. The molecule has 0 atom stereocenters. The summed E-state index contributed by atoms with van der Waals surface area (Å²) < 4.78 is 6.60. The van der Waals surface area contributed by atoms with E-state index in [1.807, 2.05) is 56.3 Å². The number of ether oxygens (including phenoxy) is 1. The monoisotopic (exact) mass is 532 g/mol. The zero-order chi connectivity index (χ0) is 26.3. The maximum Gasteiger partial charge on any atom is 0.278 e. The number of hydrogen-bond acceptors (Lipinski definition) is 7. The highest BCUT2D eigenvalue weighted by atomic mass is 35.5. The highest BCUT2D eigenvalue weighted by Gasteiger charge is 2.18. The number of nitrogens with zero attached hydrogens (tertiary/aromatic N) is 5. The van der Waals surface area contributed by atoms with Crippen molar-refractivity contribution in [3.63, 3.8) is 0 Å². The SMILES string of the molecule is COc1nc(-c2cccc(-c3cccc(Nc4nc(C)cc5cnn(C)c(=O)c45)c3Cl)c2Cl)cnc1C. The van der Waals surface area contributed by atoms with Crippen molar-refractivity contribution in [2.45, 2.75) is 13.8 Å². The van der Waals surface area contributed by atoms with Crippen LogP contribution in [0.15, 0.2) is 59.7 Å². The Bertz CT molecular complexity index is 1740. The second-order valence-electron chi connectivity index (χ2n) is 8.46. The summed E-state index contributed by atoms with van der Waals surface area (Å²) in [7, 11) is 3.15. The van der Waals surface area contributed by atoms with E-state index in [1.54, 1.807) is 26.6 Å². The molecule has 0 spiro atoms. The van der Waals surface area contributed by atoms with Gasteiger partial charge in [-0.05, 0) is 26.0 Å². The Morgan fingerprint density at radius 1 is 0.946 bits per heavy atom. The molecule has 2 aromatic carbocycles. The lowest BCUT2D eigenvalue weighted by Crippen LogP contribution is -2.20. The summed E-state index contributed by atoms with van der Waals surface area (Å²) >= 11 is 13.8. The van der Waals surface area contributed by atoms with Gasteiger partial charge >= 0.3 is 0 Å². The minimum Gasteiger partial charge on any atom is -0.480 e. The van der Waals surface area contributed by atoms with Crippen molar-refractivity contribution in [2.24, 2.45) is 7.05 Å². The predicted octanol–water partition coefficient (Wildman–Crippen LogP) is 6.13. The number of rotatable bonds is 5. The van der Waals surface area contributed by atoms with E-state index in [1.165, 1.54) is 4.68 Å². The van der Waals surface area contributed by atoms with Crippen molar-refractivity contribution in [3.8, 4) is 28.3 Å². The molecule has 3 heterocycles. The van der Waals surface area contributed by atoms with Crippen LogP contribution in [0.5, 0.6) is 5.88 Å². The number of aryl methyl sites for hydroxylation is 3. The summed E-state index contributed by atoms with van der Waals surface area (Å²) in [5.41, 5.74) is 4.45. The number of fused-ring (bicyclic) bond motifs is 1. The number of methoxy groups -OCH3 is 1. The molecule has 0 saturated heterocycles. The Morgan fingerprint density at radius 2 is 1.65 bits per heavy atom. The number of halogens is 2. The van der Waals surface area contributed by atoms with Gasteiger partial charge in [-0.3, -0.25) is 9.78 Å². The molecule has 0 bridgehead atoms. The fraction of sp³-hybridized carbons (Fsp3) is 0.148. The van der Waals surface area contributed by atoms with E-state index in [2.05, 4.69) is 25.4 Å². The maximum atomic E-state index is 12.9. The van der Waals surface area contributed by atoms with Crippen molar-refractivity contribution in [1.82, 2.24) is 24.7 Å². The number of benzene rings is 2. The van der Waals surface area contributed by atoms with Gasteiger partial charge in [-0.25, -0.2) is 14.6 Å². The van der Waals surface area contributed by atoms with Gasteiger partial charge in [0.05, 0.1) is 52.0 Å². The molecule has 0 saturated carbocycles. The molecule has 10 heteroatoms. The largest absolute Gasteiger partial charge is 0.480 e. The van der Waals surface area contributed by atoms with E-state index < -0.39 is 0 Å². The zero-order valence-corrected chi connectivity index (χ0v) is 22.0. The molecule has 186 valence electrons. The fourth-order valence-corrected chi connectivity index (χ4v) is 4.74. The molecule has 8 nitrogen and oxygen atoms in total. The highest BCUT2D eigenvalue weighted by Crippen LogP contribution is 2.42.